The van der Waals surface area contributed by atoms with E-state index in [9.17, 15) is 13.2 Å². The second-order valence-electron chi connectivity index (χ2n) is 6.76. The van der Waals surface area contributed by atoms with Crippen LogP contribution in [0.5, 0.6) is 5.75 Å². The number of carbonyl (C=O) groups is 1. The van der Waals surface area contributed by atoms with Crippen LogP contribution in [-0.2, 0) is 21.2 Å². The van der Waals surface area contributed by atoms with Gasteiger partial charge in [-0.2, -0.15) is 4.31 Å². The number of sulfonamides is 1. The van der Waals surface area contributed by atoms with Crippen molar-refractivity contribution in [3.05, 3.63) is 52.0 Å². The van der Waals surface area contributed by atoms with E-state index in [1.54, 1.807) is 24.3 Å². The quantitative estimate of drug-likeness (QED) is 0.700. The number of rotatable bonds is 6. The normalized spacial score (nSPS) is 15.1. The molecule has 0 bridgehead atoms. The Labute approximate surface area is 180 Å². The number of carbonyl (C=O) groups excluding carboxylic acids is 1. The number of nitrogens with zero attached hydrogens (tertiary/aromatic N) is 1. The SMILES string of the molecule is COc1ccc(NC(=O)Cc2c(Cl)cccc2Cl)cc1S(=O)(=O)N1CCCCC1. The molecule has 0 aliphatic carbocycles. The van der Waals surface area contributed by atoms with Gasteiger partial charge in [-0.25, -0.2) is 8.42 Å². The molecule has 1 heterocycles. The first kappa shape index (κ1) is 21.9. The molecule has 1 fully saturated rings. The lowest BCUT2D eigenvalue weighted by molar-refractivity contribution is -0.115. The predicted molar refractivity (Wildman–Crippen MR) is 114 cm³/mol. The number of ether oxygens (including phenoxy) is 1. The van der Waals surface area contributed by atoms with E-state index >= 15 is 0 Å². The Morgan fingerprint density at radius 2 is 1.76 bits per heavy atom. The zero-order valence-corrected chi connectivity index (χ0v) is 18.3. The molecule has 9 heteroatoms. The molecule has 2 aromatic rings. The molecule has 1 aliphatic heterocycles. The van der Waals surface area contributed by atoms with Crippen molar-refractivity contribution in [1.29, 1.82) is 0 Å². The maximum Gasteiger partial charge on any atom is 0.246 e. The molecule has 29 heavy (non-hydrogen) atoms. The fourth-order valence-electron chi connectivity index (χ4n) is 3.27. The van der Waals surface area contributed by atoms with Crippen molar-refractivity contribution in [2.75, 3.05) is 25.5 Å². The van der Waals surface area contributed by atoms with Crippen molar-refractivity contribution >= 4 is 44.8 Å². The second-order valence-corrected chi connectivity index (χ2v) is 9.48. The van der Waals surface area contributed by atoms with Crippen LogP contribution in [0.25, 0.3) is 0 Å². The van der Waals surface area contributed by atoms with E-state index in [2.05, 4.69) is 5.32 Å². The van der Waals surface area contributed by atoms with Crippen LogP contribution < -0.4 is 10.1 Å². The third kappa shape index (κ3) is 5.04. The van der Waals surface area contributed by atoms with Gasteiger partial charge in [0.15, 0.2) is 0 Å². The highest BCUT2D eigenvalue weighted by Gasteiger charge is 2.29. The standard InChI is InChI=1S/C20H22Cl2N2O4S/c1-28-18-9-8-14(12-19(18)29(26,27)24-10-3-2-4-11-24)23-20(25)13-15-16(21)6-5-7-17(15)22/h5-9,12H,2-4,10-11,13H2,1H3,(H,23,25). The lowest BCUT2D eigenvalue weighted by Gasteiger charge is -2.26. The molecule has 1 amide bonds. The number of piperidine rings is 1. The zero-order chi connectivity index (χ0) is 21.0. The Balaban J connectivity index is 1.84. The van der Waals surface area contributed by atoms with Gasteiger partial charge in [-0.15, -0.1) is 0 Å². The molecule has 1 aliphatic rings. The van der Waals surface area contributed by atoms with E-state index in [-0.39, 0.29) is 23.0 Å². The molecule has 0 aromatic heterocycles. The van der Waals surface area contributed by atoms with Crippen LogP contribution in [0.15, 0.2) is 41.3 Å². The molecule has 1 saturated heterocycles. The summed E-state index contributed by atoms with van der Waals surface area (Å²) in [6, 6.07) is 9.58. The molecule has 0 radical (unpaired) electrons. The third-order valence-electron chi connectivity index (χ3n) is 4.78. The van der Waals surface area contributed by atoms with Gasteiger partial charge in [0.2, 0.25) is 15.9 Å². The van der Waals surface area contributed by atoms with E-state index < -0.39 is 10.0 Å². The smallest absolute Gasteiger partial charge is 0.246 e. The van der Waals surface area contributed by atoms with Crippen molar-refractivity contribution in [1.82, 2.24) is 4.31 Å². The maximum absolute atomic E-state index is 13.1. The highest BCUT2D eigenvalue weighted by atomic mass is 35.5. The summed E-state index contributed by atoms with van der Waals surface area (Å²) in [6.45, 7) is 0.958. The highest BCUT2D eigenvalue weighted by molar-refractivity contribution is 7.89. The predicted octanol–water partition coefficient (Wildman–Crippen LogP) is 4.36. The molecule has 3 rings (SSSR count). The Morgan fingerprint density at radius 1 is 1.10 bits per heavy atom. The third-order valence-corrected chi connectivity index (χ3v) is 7.41. The van der Waals surface area contributed by atoms with Gasteiger partial charge < -0.3 is 10.1 Å². The summed E-state index contributed by atoms with van der Waals surface area (Å²) < 4.78 is 32.9. The van der Waals surface area contributed by atoms with Gasteiger partial charge in [0.25, 0.3) is 0 Å². The van der Waals surface area contributed by atoms with Gasteiger partial charge in [-0.1, -0.05) is 35.7 Å². The summed E-state index contributed by atoms with van der Waals surface area (Å²) in [6.07, 6.45) is 2.65. The van der Waals surface area contributed by atoms with Gasteiger partial charge in [0, 0.05) is 28.8 Å². The molecule has 0 spiro atoms. The number of methoxy groups -OCH3 is 1. The summed E-state index contributed by atoms with van der Waals surface area (Å²) in [5.41, 5.74) is 0.873. The van der Waals surface area contributed by atoms with Gasteiger partial charge in [0.05, 0.1) is 13.5 Å². The Kier molecular flexibility index (Phi) is 7.05. The molecular formula is C20H22Cl2N2O4S. The van der Waals surface area contributed by atoms with Gasteiger partial charge in [0.1, 0.15) is 10.6 Å². The largest absolute Gasteiger partial charge is 0.495 e. The van der Waals surface area contributed by atoms with E-state index in [1.165, 1.54) is 23.5 Å². The van der Waals surface area contributed by atoms with E-state index in [0.717, 1.165) is 19.3 Å². The fourth-order valence-corrected chi connectivity index (χ4v) is 5.50. The number of nitrogens with one attached hydrogen (secondary N) is 1. The van der Waals surface area contributed by atoms with Crippen LogP contribution in [-0.4, -0.2) is 38.8 Å². The molecule has 156 valence electrons. The molecular weight excluding hydrogens is 435 g/mol. The number of hydrogen-bond acceptors (Lipinski definition) is 4. The summed E-state index contributed by atoms with van der Waals surface area (Å²) in [5.74, 6) is -0.116. The van der Waals surface area contributed by atoms with E-state index in [1.807, 2.05) is 0 Å². The Hall–Kier alpha value is -1.80. The van der Waals surface area contributed by atoms with E-state index in [4.69, 9.17) is 27.9 Å². The lowest BCUT2D eigenvalue weighted by atomic mass is 10.1. The summed E-state index contributed by atoms with van der Waals surface area (Å²) in [4.78, 5) is 12.5. The van der Waals surface area contributed by atoms with Gasteiger partial charge >= 0.3 is 0 Å². The van der Waals surface area contributed by atoms with Crippen LogP contribution in [0.4, 0.5) is 5.69 Å². The summed E-state index contributed by atoms with van der Waals surface area (Å²) >= 11 is 12.2. The van der Waals surface area contributed by atoms with Crippen molar-refractivity contribution < 1.29 is 17.9 Å². The number of benzene rings is 2. The minimum Gasteiger partial charge on any atom is -0.495 e. The van der Waals surface area contributed by atoms with Crippen molar-refractivity contribution in [2.24, 2.45) is 0 Å². The van der Waals surface area contributed by atoms with Crippen molar-refractivity contribution in [2.45, 2.75) is 30.6 Å². The Morgan fingerprint density at radius 3 is 2.38 bits per heavy atom. The average molecular weight is 457 g/mol. The van der Waals surface area contributed by atoms with Crippen molar-refractivity contribution in [3.63, 3.8) is 0 Å². The average Bonchev–Trinajstić information content (AvgIpc) is 2.71. The van der Waals surface area contributed by atoms with Crippen LogP contribution >= 0.6 is 23.2 Å². The van der Waals surface area contributed by atoms with Gasteiger partial charge in [-0.05, 0) is 48.7 Å². The number of amides is 1. The van der Waals surface area contributed by atoms with Crippen LogP contribution in [0.1, 0.15) is 24.8 Å². The Bertz CT molecular complexity index is 985. The topological polar surface area (TPSA) is 75.7 Å². The summed E-state index contributed by atoms with van der Waals surface area (Å²) in [7, 11) is -2.30. The lowest BCUT2D eigenvalue weighted by Crippen LogP contribution is -2.35. The monoisotopic (exact) mass is 456 g/mol. The van der Waals surface area contributed by atoms with Crippen molar-refractivity contribution in [3.8, 4) is 5.75 Å². The molecule has 0 saturated carbocycles. The molecule has 0 unspecified atom stereocenters. The molecule has 1 N–H and O–H groups in total. The van der Waals surface area contributed by atoms with Gasteiger partial charge in [-0.3, -0.25) is 4.79 Å². The zero-order valence-electron chi connectivity index (χ0n) is 16.0. The van der Waals surface area contributed by atoms with Crippen LogP contribution in [0, 0.1) is 0 Å². The minimum absolute atomic E-state index is 0.0290. The maximum atomic E-state index is 13.1. The first-order valence-electron chi connectivity index (χ1n) is 9.24. The van der Waals surface area contributed by atoms with Crippen LogP contribution in [0.2, 0.25) is 10.0 Å². The van der Waals surface area contributed by atoms with Crippen LogP contribution in [0.3, 0.4) is 0 Å². The summed E-state index contributed by atoms with van der Waals surface area (Å²) in [5, 5.41) is 3.51. The van der Waals surface area contributed by atoms with E-state index in [0.29, 0.717) is 34.4 Å². The fraction of sp³-hybridized carbons (Fsp3) is 0.350. The molecule has 2 aromatic carbocycles. The second kappa shape index (κ2) is 9.34. The first-order chi connectivity index (χ1) is 13.8. The highest BCUT2D eigenvalue weighted by Crippen LogP contribution is 2.31. The molecule has 0 atom stereocenters. The number of anilines is 1. The first-order valence-corrected chi connectivity index (χ1v) is 11.4. The molecule has 6 nitrogen and oxygen atoms in total. The number of halogens is 2. The number of hydrogen-bond donors (Lipinski definition) is 1. The minimum atomic E-state index is -3.72.